The van der Waals surface area contributed by atoms with Gasteiger partial charge in [-0.25, -0.2) is 0 Å². The number of unbranched alkanes of at least 4 members (excludes halogenated alkanes) is 3. The fourth-order valence-corrected chi connectivity index (χ4v) is 2.26. The normalized spacial score (nSPS) is 33.3. The van der Waals surface area contributed by atoms with Crippen molar-refractivity contribution < 1.29 is 24.8 Å². The molecule has 0 aliphatic carbocycles. The first-order chi connectivity index (χ1) is 9.10. The number of aliphatic hydroxyl groups excluding tert-OH is 3. The summed E-state index contributed by atoms with van der Waals surface area (Å²) in [6.45, 7) is 4.20. The van der Waals surface area contributed by atoms with Crippen molar-refractivity contribution in [1.29, 1.82) is 0 Å². The molecule has 0 spiro atoms. The van der Waals surface area contributed by atoms with Crippen molar-refractivity contribution in [3.8, 4) is 0 Å². The molecule has 0 amide bonds. The molecule has 19 heavy (non-hydrogen) atoms. The lowest BCUT2D eigenvalue weighted by molar-refractivity contribution is -0.283. The second-order valence-corrected chi connectivity index (χ2v) is 5.27. The fourth-order valence-electron chi connectivity index (χ4n) is 2.26. The van der Waals surface area contributed by atoms with Crippen LogP contribution in [0.2, 0.25) is 0 Å². The van der Waals surface area contributed by atoms with E-state index in [-0.39, 0.29) is 12.7 Å². The predicted molar refractivity (Wildman–Crippen MR) is 71.7 cm³/mol. The third-order valence-electron chi connectivity index (χ3n) is 3.62. The minimum absolute atomic E-state index is 0.00480. The summed E-state index contributed by atoms with van der Waals surface area (Å²) >= 11 is 0. The SMILES string of the molecule is CCCCCCC(CC)O[C@H]1OC[C@@H](O)[C@H](O)[C@H]1O. The maximum absolute atomic E-state index is 9.80. The van der Waals surface area contributed by atoms with Gasteiger partial charge in [-0.2, -0.15) is 0 Å². The van der Waals surface area contributed by atoms with Crippen LogP contribution < -0.4 is 0 Å². The lowest BCUT2D eigenvalue weighted by Crippen LogP contribution is -2.54. The van der Waals surface area contributed by atoms with Crippen LogP contribution in [0.3, 0.4) is 0 Å². The Labute approximate surface area is 115 Å². The van der Waals surface area contributed by atoms with Gasteiger partial charge in [-0.15, -0.1) is 0 Å². The standard InChI is InChI=1S/C14H28O5/c1-3-5-6-7-8-10(4-2)19-14-13(17)12(16)11(15)9-18-14/h10-17H,3-9H2,1-2H3/t10?,11-,12+,13-,14-/m1/s1. The van der Waals surface area contributed by atoms with Gasteiger partial charge >= 0.3 is 0 Å². The summed E-state index contributed by atoms with van der Waals surface area (Å²) in [5.74, 6) is 0. The molecule has 1 aliphatic heterocycles. The number of rotatable bonds is 8. The molecule has 1 aliphatic rings. The van der Waals surface area contributed by atoms with Gasteiger partial charge in [0, 0.05) is 0 Å². The van der Waals surface area contributed by atoms with Crippen molar-refractivity contribution in [3.63, 3.8) is 0 Å². The van der Waals surface area contributed by atoms with E-state index in [1.165, 1.54) is 19.3 Å². The first-order valence-corrected chi connectivity index (χ1v) is 7.41. The van der Waals surface area contributed by atoms with Gasteiger partial charge in [0.15, 0.2) is 6.29 Å². The summed E-state index contributed by atoms with van der Waals surface area (Å²) in [6, 6.07) is 0. The van der Waals surface area contributed by atoms with Crippen molar-refractivity contribution in [2.75, 3.05) is 6.61 Å². The molecule has 5 atom stereocenters. The highest BCUT2D eigenvalue weighted by Crippen LogP contribution is 2.21. The van der Waals surface area contributed by atoms with Crippen molar-refractivity contribution in [1.82, 2.24) is 0 Å². The Bertz CT molecular complexity index is 236. The molecule has 0 bridgehead atoms. The van der Waals surface area contributed by atoms with E-state index in [0.717, 1.165) is 19.3 Å². The number of ether oxygens (including phenoxy) is 2. The van der Waals surface area contributed by atoms with Gasteiger partial charge in [0.25, 0.3) is 0 Å². The van der Waals surface area contributed by atoms with Gasteiger partial charge in [-0.1, -0.05) is 39.5 Å². The summed E-state index contributed by atoms with van der Waals surface area (Å²) in [6.07, 6.45) is 2.25. The van der Waals surface area contributed by atoms with E-state index < -0.39 is 24.6 Å². The van der Waals surface area contributed by atoms with E-state index in [1.54, 1.807) is 0 Å². The molecule has 5 nitrogen and oxygen atoms in total. The Morgan fingerprint density at radius 3 is 2.47 bits per heavy atom. The molecule has 0 radical (unpaired) electrons. The number of aliphatic hydroxyl groups is 3. The number of hydrogen-bond acceptors (Lipinski definition) is 5. The van der Waals surface area contributed by atoms with Gasteiger partial charge in [0.05, 0.1) is 12.7 Å². The minimum atomic E-state index is -1.20. The second-order valence-electron chi connectivity index (χ2n) is 5.27. The van der Waals surface area contributed by atoms with Crippen molar-refractivity contribution >= 4 is 0 Å². The van der Waals surface area contributed by atoms with Crippen LogP contribution in [0.15, 0.2) is 0 Å². The zero-order chi connectivity index (χ0) is 14.3. The molecule has 0 saturated carbocycles. The maximum Gasteiger partial charge on any atom is 0.186 e. The molecule has 0 aromatic carbocycles. The summed E-state index contributed by atoms with van der Waals surface area (Å²) in [5, 5.41) is 28.8. The highest BCUT2D eigenvalue weighted by molar-refractivity contribution is 4.83. The Hall–Kier alpha value is -0.200. The maximum atomic E-state index is 9.80. The summed E-state index contributed by atoms with van der Waals surface area (Å²) in [7, 11) is 0. The highest BCUT2D eigenvalue weighted by Gasteiger charge is 2.39. The van der Waals surface area contributed by atoms with Crippen LogP contribution in [-0.4, -0.2) is 52.6 Å². The van der Waals surface area contributed by atoms with Crippen LogP contribution in [0.25, 0.3) is 0 Å². The van der Waals surface area contributed by atoms with E-state index in [1.807, 2.05) is 6.92 Å². The second kappa shape index (κ2) is 8.87. The van der Waals surface area contributed by atoms with Crippen LogP contribution in [-0.2, 0) is 9.47 Å². The Morgan fingerprint density at radius 2 is 1.84 bits per heavy atom. The summed E-state index contributed by atoms with van der Waals surface area (Å²) in [5.41, 5.74) is 0. The molecule has 3 N–H and O–H groups in total. The average molecular weight is 276 g/mol. The van der Waals surface area contributed by atoms with Gasteiger partial charge in [-0.05, 0) is 12.8 Å². The lowest BCUT2D eigenvalue weighted by Gasteiger charge is -2.36. The Kier molecular flexibility index (Phi) is 7.87. The predicted octanol–water partition coefficient (Wildman–Crippen LogP) is 1.19. The quantitative estimate of drug-likeness (QED) is 0.580. The topological polar surface area (TPSA) is 79.2 Å². The minimum Gasteiger partial charge on any atom is -0.388 e. The first kappa shape index (κ1) is 16.9. The average Bonchev–Trinajstić information content (AvgIpc) is 2.42. The zero-order valence-electron chi connectivity index (χ0n) is 12.0. The van der Waals surface area contributed by atoms with E-state index in [2.05, 4.69) is 6.92 Å². The Balaban J connectivity index is 2.34. The Morgan fingerprint density at radius 1 is 1.11 bits per heavy atom. The molecule has 1 saturated heterocycles. The van der Waals surface area contributed by atoms with Crippen LogP contribution in [0.1, 0.15) is 52.4 Å². The molecule has 1 unspecified atom stereocenters. The fraction of sp³-hybridized carbons (Fsp3) is 1.00. The van der Waals surface area contributed by atoms with E-state index >= 15 is 0 Å². The smallest absolute Gasteiger partial charge is 0.186 e. The molecule has 0 aromatic rings. The number of hydrogen-bond donors (Lipinski definition) is 3. The molecule has 1 heterocycles. The van der Waals surface area contributed by atoms with Crippen LogP contribution in [0, 0.1) is 0 Å². The molecule has 0 aromatic heterocycles. The van der Waals surface area contributed by atoms with Gasteiger partial charge in [0.2, 0.25) is 0 Å². The molecular weight excluding hydrogens is 248 g/mol. The van der Waals surface area contributed by atoms with Gasteiger partial charge < -0.3 is 24.8 Å². The van der Waals surface area contributed by atoms with Gasteiger partial charge in [0.1, 0.15) is 18.3 Å². The van der Waals surface area contributed by atoms with Crippen molar-refractivity contribution in [2.24, 2.45) is 0 Å². The van der Waals surface area contributed by atoms with Crippen LogP contribution in [0.5, 0.6) is 0 Å². The third kappa shape index (κ3) is 5.36. The molecule has 5 heteroatoms. The molecular formula is C14H28O5. The lowest BCUT2D eigenvalue weighted by atomic mass is 10.0. The van der Waals surface area contributed by atoms with E-state index in [9.17, 15) is 15.3 Å². The highest BCUT2D eigenvalue weighted by atomic mass is 16.7. The van der Waals surface area contributed by atoms with Crippen molar-refractivity contribution in [3.05, 3.63) is 0 Å². The molecule has 1 rings (SSSR count). The van der Waals surface area contributed by atoms with E-state index in [4.69, 9.17) is 9.47 Å². The largest absolute Gasteiger partial charge is 0.388 e. The van der Waals surface area contributed by atoms with E-state index in [0.29, 0.717) is 0 Å². The summed E-state index contributed by atoms with van der Waals surface area (Å²) < 4.78 is 11.0. The monoisotopic (exact) mass is 276 g/mol. The van der Waals surface area contributed by atoms with Crippen LogP contribution >= 0.6 is 0 Å². The van der Waals surface area contributed by atoms with Crippen LogP contribution in [0.4, 0.5) is 0 Å². The zero-order valence-corrected chi connectivity index (χ0v) is 12.0. The molecule has 1 fully saturated rings. The van der Waals surface area contributed by atoms with Gasteiger partial charge in [-0.3, -0.25) is 0 Å². The molecule has 114 valence electrons. The van der Waals surface area contributed by atoms with Crippen molar-refractivity contribution in [2.45, 2.75) is 83.1 Å². The summed E-state index contributed by atoms with van der Waals surface area (Å²) in [4.78, 5) is 0. The third-order valence-corrected chi connectivity index (χ3v) is 3.62. The first-order valence-electron chi connectivity index (χ1n) is 7.41.